The first-order chi connectivity index (χ1) is 14.4. The van der Waals surface area contributed by atoms with Crippen LogP contribution in [0.3, 0.4) is 0 Å². The molecule has 0 bridgehead atoms. The summed E-state index contributed by atoms with van der Waals surface area (Å²) in [6.45, 7) is 3.39. The third-order valence-electron chi connectivity index (χ3n) is 4.42. The average Bonchev–Trinajstić information content (AvgIpc) is 3.21. The molecular formula is C22H17ClN2O4S. The van der Waals surface area contributed by atoms with Crippen LogP contribution in [-0.2, 0) is 4.79 Å². The summed E-state index contributed by atoms with van der Waals surface area (Å²) in [5, 5.41) is 5.61. The molecule has 0 saturated carbocycles. The molecule has 0 atom stereocenters. The number of aryl methyl sites for hydroxylation is 2. The van der Waals surface area contributed by atoms with E-state index in [1.807, 2.05) is 19.9 Å². The molecule has 0 unspecified atom stereocenters. The van der Waals surface area contributed by atoms with Gasteiger partial charge in [-0.2, -0.15) is 0 Å². The van der Waals surface area contributed by atoms with Crippen molar-refractivity contribution >= 4 is 44.9 Å². The van der Waals surface area contributed by atoms with E-state index in [2.05, 4.69) is 10.3 Å². The quantitative estimate of drug-likeness (QED) is 0.461. The number of fused-ring (bicyclic) bond motifs is 1. The van der Waals surface area contributed by atoms with Crippen LogP contribution >= 0.6 is 22.9 Å². The molecule has 1 N–H and O–H groups in total. The molecule has 152 valence electrons. The van der Waals surface area contributed by atoms with E-state index in [0.29, 0.717) is 26.7 Å². The van der Waals surface area contributed by atoms with E-state index >= 15 is 0 Å². The number of carbonyl (C=O) groups is 1. The van der Waals surface area contributed by atoms with Gasteiger partial charge in [-0.1, -0.05) is 29.8 Å². The van der Waals surface area contributed by atoms with Crippen LogP contribution in [0.5, 0.6) is 5.75 Å². The highest BCUT2D eigenvalue weighted by Crippen LogP contribution is 2.36. The maximum Gasteiger partial charge on any atom is 0.264 e. The van der Waals surface area contributed by atoms with E-state index in [-0.39, 0.29) is 23.5 Å². The lowest BCUT2D eigenvalue weighted by molar-refractivity contribution is -0.118. The highest BCUT2D eigenvalue weighted by Gasteiger charge is 2.21. The molecule has 4 rings (SSSR count). The molecule has 6 nitrogen and oxygen atoms in total. The number of hydrogen-bond acceptors (Lipinski definition) is 6. The summed E-state index contributed by atoms with van der Waals surface area (Å²) in [6, 6.07) is 10.7. The van der Waals surface area contributed by atoms with Crippen molar-refractivity contribution < 1.29 is 13.9 Å². The van der Waals surface area contributed by atoms with E-state index in [1.54, 1.807) is 41.9 Å². The fraction of sp³-hybridized carbons (Fsp3) is 0.136. The number of nitrogens with zero attached hydrogens (tertiary/aromatic N) is 1. The maximum atomic E-state index is 13.3. The third kappa shape index (κ3) is 3.94. The molecular weight excluding hydrogens is 424 g/mol. The molecule has 4 aromatic rings. The fourth-order valence-corrected chi connectivity index (χ4v) is 3.93. The number of thiazole rings is 1. The predicted molar refractivity (Wildman–Crippen MR) is 119 cm³/mol. The van der Waals surface area contributed by atoms with Gasteiger partial charge in [-0.3, -0.25) is 14.9 Å². The first-order valence-corrected chi connectivity index (χ1v) is 10.3. The summed E-state index contributed by atoms with van der Waals surface area (Å²) < 4.78 is 11.8. The van der Waals surface area contributed by atoms with Crippen LogP contribution in [0.15, 0.2) is 57.2 Å². The molecule has 0 spiro atoms. The Hall–Kier alpha value is -3.16. The summed E-state index contributed by atoms with van der Waals surface area (Å²) >= 11 is 7.64. The number of carbonyl (C=O) groups excluding carboxylic acids is 1. The first kappa shape index (κ1) is 20.1. The highest BCUT2D eigenvalue weighted by atomic mass is 35.5. The van der Waals surface area contributed by atoms with Crippen LogP contribution in [0.1, 0.15) is 11.1 Å². The van der Waals surface area contributed by atoms with Crippen LogP contribution in [0.25, 0.3) is 22.3 Å². The normalized spacial score (nSPS) is 10.9. The van der Waals surface area contributed by atoms with Crippen molar-refractivity contribution in [2.24, 2.45) is 0 Å². The molecule has 0 saturated heterocycles. The van der Waals surface area contributed by atoms with Gasteiger partial charge in [0.15, 0.2) is 17.5 Å². The van der Waals surface area contributed by atoms with Crippen molar-refractivity contribution in [2.75, 3.05) is 11.9 Å². The van der Waals surface area contributed by atoms with Crippen LogP contribution in [0.4, 0.5) is 5.13 Å². The summed E-state index contributed by atoms with van der Waals surface area (Å²) in [7, 11) is 0. The van der Waals surface area contributed by atoms with Gasteiger partial charge in [0.2, 0.25) is 11.2 Å². The lowest BCUT2D eigenvalue weighted by atomic mass is 10.1. The van der Waals surface area contributed by atoms with Crippen molar-refractivity contribution in [3.05, 3.63) is 74.3 Å². The van der Waals surface area contributed by atoms with E-state index in [9.17, 15) is 9.59 Å². The molecule has 0 aliphatic carbocycles. The summed E-state index contributed by atoms with van der Waals surface area (Å²) in [4.78, 5) is 29.6. The van der Waals surface area contributed by atoms with Gasteiger partial charge < -0.3 is 9.15 Å². The number of rotatable bonds is 5. The standard InChI is InChI=1S/C22H17ClN2O4S/c1-12-9-13(2)19-15(10-12)18(27)21(20(29-19)14-5-3-4-6-16(14)23)28-11-17(26)25-22-24-7-8-30-22/h3-10H,11H2,1-2H3,(H,24,25,26). The van der Waals surface area contributed by atoms with Crippen molar-refractivity contribution in [3.63, 3.8) is 0 Å². The zero-order valence-corrected chi connectivity index (χ0v) is 17.8. The van der Waals surface area contributed by atoms with Crippen molar-refractivity contribution in [3.8, 4) is 17.1 Å². The zero-order valence-electron chi connectivity index (χ0n) is 16.2. The van der Waals surface area contributed by atoms with Gasteiger partial charge in [0.05, 0.1) is 10.4 Å². The van der Waals surface area contributed by atoms with Gasteiger partial charge in [0.1, 0.15) is 5.58 Å². The molecule has 2 aromatic carbocycles. The Morgan fingerprint density at radius 2 is 2.07 bits per heavy atom. The number of anilines is 1. The van der Waals surface area contributed by atoms with Gasteiger partial charge in [0.25, 0.3) is 5.91 Å². The number of ether oxygens (including phenoxy) is 1. The van der Waals surface area contributed by atoms with Gasteiger partial charge in [-0.25, -0.2) is 4.98 Å². The minimum Gasteiger partial charge on any atom is -0.476 e. The lowest BCUT2D eigenvalue weighted by Gasteiger charge is -2.13. The van der Waals surface area contributed by atoms with E-state index in [0.717, 1.165) is 11.1 Å². The zero-order chi connectivity index (χ0) is 21.3. The Bertz CT molecular complexity index is 1300. The molecule has 0 aliphatic heterocycles. The Kier molecular flexibility index (Phi) is 5.57. The molecule has 8 heteroatoms. The SMILES string of the molecule is Cc1cc(C)c2oc(-c3ccccc3Cl)c(OCC(=O)Nc3nccs3)c(=O)c2c1. The Balaban J connectivity index is 1.80. The third-order valence-corrected chi connectivity index (χ3v) is 5.44. The fourth-order valence-electron chi connectivity index (χ4n) is 3.16. The number of aromatic nitrogens is 1. The molecule has 2 aromatic heterocycles. The second-order valence-corrected chi connectivity index (χ2v) is 8.00. The van der Waals surface area contributed by atoms with Gasteiger partial charge in [0, 0.05) is 17.1 Å². The average molecular weight is 441 g/mol. The second-order valence-electron chi connectivity index (χ2n) is 6.70. The molecule has 30 heavy (non-hydrogen) atoms. The first-order valence-electron chi connectivity index (χ1n) is 9.09. The van der Waals surface area contributed by atoms with Crippen molar-refractivity contribution in [2.45, 2.75) is 13.8 Å². The van der Waals surface area contributed by atoms with Crippen LogP contribution in [-0.4, -0.2) is 17.5 Å². The molecule has 0 fully saturated rings. The van der Waals surface area contributed by atoms with E-state index in [1.165, 1.54) is 11.3 Å². The monoisotopic (exact) mass is 440 g/mol. The topological polar surface area (TPSA) is 81.4 Å². The molecule has 2 heterocycles. The van der Waals surface area contributed by atoms with E-state index < -0.39 is 5.91 Å². The van der Waals surface area contributed by atoms with Crippen LogP contribution < -0.4 is 15.5 Å². The Morgan fingerprint density at radius 3 is 2.80 bits per heavy atom. The van der Waals surface area contributed by atoms with Crippen LogP contribution in [0.2, 0.25) is 5.02 Å². The number of hydrogen-bond donors (Lipinski definition) is 1. The number of amides is 1. The minimum absolute atomic E-state index is 0.0603. The Labute approximate surface area is 181 Å². The number of nitrogens with one attached hydrogen (secondary N) is 1. The maximum absolute atomic E-state index is 13.3. The second kappa shape index (κ2) is 8.30. The van der Waals surface area contributed by atoms with E-state index in [4.69, 9.17) is 20.8 Å². The van der Waals surface area contributed by atoms with Crippen molar-refractivity contribution in [1.29, 1.82) is 0 Å². The molecule has 0 aliphatic rings. The summed E-state index contributed by atoms with van der Waals surface area (Å²) in [6.07, 6.45) is 1.58. The largest absolute Gasteiger partial charge is 0.476 e. The molecule has 0 radical (unpaired) electrons. The number of benzene rings is 2. The van der Waals surface area contributed by atoms with Gasteiger partial charge >= 0.3 is 0 Å². The predicted octanol–water partition coefficient (Wildman–Crippen LogP) is 5.20. The number of halogens is 1. The Morgan fingerprint density at radius 1 is 1.27 bits per heavy atom. The lowest BCUT2D eigenvalue weighted by Crippen LogP contribution is -2.22. The minimum atomic E-state index is -0.435. The summed E-state index contributed by atoms with van der Waals surface area (Å²) in [5.74, 6) is -0.308. The smallest absolute Gasteiger partial charge is 0.264 e. The van der Waals surface area contributed by atoms with Crippen LogP contribution in [0, 0.1) is 13.8 Å². The van der Waals surface area contributed by atoms with Crippen molar-refractivity contribution in [1.82, 2.24) is 4.98 Å². The highest BCUT2D eigenvalue weighted by molar-refractivity contribution is 7.13. The summed E-state index contributed by atoms with van der Waals surface area (Å²) in [5.41, 5.74) is 2.35. The molecule has 1 amide bonds. The van der Waals surface area contributed by atoms with Gasteiger partial charge in [-0.15, -0.1) is 11.3 Å². The van der Waals surface area contributed by atoms with Gasteiger partial charge in [-0.05, 0) is 43.2 Å².